The van der Waals surface area contributed by atoms with Gasteiger partial charge in [-0.05, 0) is 71.4 Å². The molecule has 0 aliphatic heterocycles. The van der Waals surface area contributed by atoms with Gasteiger partial charge in [-0.3, -0.25) is 0 Å². The van der Waals surface area contributed by atoms with Crippen LogP contribution in [0.15, 0.2) is 41.3 Å². The van der Waals surface area contributed by atoms with Crippen LogP contribution in [0.4, 0.5) is 17.5 Å². The van der Waals surface area contributed by atoms with E-state index in [0.717, 1.165) is 16.7 Å². The van der Waals surface area contributed by atoms with Crippen LogP contribution in [-0.2, 0) is 9.84 Å². The number of ether oxygens (including phenoxy) is 1. The number of sulfone groups is 1. The first kappa shape index (κ1) is 29.2. The molecule has 2 aromatic carbocycles. The van der Waals surface area contributed by atoms with Crippen LogP contribution in [-0.4, -0.2) is 37.8 Å². The SMILES string of the molecule is Cc1cc(OC(C)C)c(-c2nc(N)nc(Nc3ccccc3S(=O)(=O)C(C)C)c2C)cc1C#C[Si](C)(C)C. The lowest BCUT2D eigenvalue weighted by Gasteiger charge is -2.19. The summed E-state index contributed by atoms with van der Waals surface area (Å²) < 4.78 is 32.2. The summed E-state index contributed by atoms with van der Waals surface area (Å²) >= 11 is 0. The summed E-state index contributed by atoms with van der Waals surface area (Å²) in [5.74, 6) is 4.52. The Kier molecular flexibility index (Phi) is 8.59. The number of aryl methyl sites for hydroxylation is 1. The van der Waals surface area contributed by atoms with Crippen molar-refractivity contribution >= 4 is 35.4 Å². The molecular formula is C29H38N4O3SSi. The number of benzene rings is 2. The predicted octanol–water partition coefficient (Wildman–Crippen LogP) is 6.28. The summed E-state index contributed by atoms with van der Waals surface area (Å²) in [5.41, 5.74) is 14.0. The molecule has 0 bridgehead atoms. The molecule has 7 nitrogen and oxygen atoms in total. The zero-order chi connectivity index (χ0) is 28.4. The van der Waals surface area contributed by atoms with Gasteiger partial charge in [0.05, 0.1) is 27.6 Å². The number of nitrogen functional groups attached to an aromatic ring is 1. The topological polar surface area (TPSA) is 107 Å². The van der Waals surface area contributed by atoms with Crippen LogP contribution < -0.4 is 15.8 Å². The predicted molar refractivity (Wildman–Crippen MR) is 159 cm³/mol. The van der Waals surface area contributed by atoms with Crippen molar-refractivity contribution in [3.05, 3.63) is 53.1 Å². The van der Waals surface area contributed by atoms with Crippen molar-refractivity contribution in [2.45, 2.75) is 77.4 Å². The van der Waals surface area contributed by atoms with E-state index in [9.17, 15) is 8.42 Å². The minimum absolute atomic E-state index is 0.0581. The fraction of sp³-hybridized carbons (Fsp3) is 0.379. The van der Waals surface area contributed by atoms with Gasteiger partial charge in [0.25, 0.3) is 0 Å². The molecule has 0 aliphatic carbocycles. The second-order valence-corrected chi connectivity index (χ2v) is 18.2. The summed E-state index contributed by atoms with van der Waals surface area (Å²) in [4.78, 5) is 9.20. The van der Waals surface area contributed by atoms with Crippen molar-refractivity contribution in [2.24, 2.45) is 0 Å². The van der Waals surface area contributed by atoms with Crippen LogP contribution in [0.1, 0.15) is 44.4 Å². The van der Waals surface area contributed by atoms with Crippen LogP contribution >= 0.6 is 0 Å². The van der Waals surface area contributed by atoms with E-state index in [1.54, 1.807) is 38.1 Å². The van der Waals surface area contributed by atoms with Crippen molar-refractivity contribution in [1.29, 1.82) is 0 Å². The maximum absolute atomic E-state index is 13.0. The van der Waals surface area contributed by atoms with Crippen LogP contribution in [0.25, 0.3) is 11.3 Å². The maximum Gasteiger partial charge on any atom is 0.222 e. The Morgan fingerprint density at radius 1 is 1.03 bits per heavy atom. The second kappa shape index (κ2) is 11.2. The highest BCUT2D eigenvalue weighted by atomic mass is 32.2. The summed E-state index contributed by atoms with van der Waals surface area (Å²) in [5, 5.41) is 2.64. The second-order valence-electron chi connectivity index (χ2n) is 10.9. The van der Waals surface area contributed by atoms with E-state index in [2.05, 4.69) is 46.4 Å². The average Bonchev–Trinajstić information content (AvgIpc) is 2.80. The molecule has 3 N–H and O–H groups in total. The molecular weight excluding hydrogens is 512 g/mol. The molecule has 0 saturated heterocycles. The lowest BCUT2D eigenvalue weighted by Crippen LogP contribution is -2.16. The first-order valence-electron chi connectivity index (χ1n) is 12.7. The van der Waals surface area contributed by atoms with Gasteiger partial charge >= 0.3 is 0 Å². The minimum Gasteiger partial charge on any atom is -0.490 e. The number of rotatable bonds is 7. The van der Waals surface area contributed by atoms with Crippen molar-refractivity contribution in [1.82, 2.24) is 9.97 Å². The maximum atomic E-state index is 13.0. The molecule has 0 spiro atoms. The number of para-hydroxylation sites is 1. The number of nitrogens with zero attached hydrogens (tertiary/aromatic N) is 2. The van der Waals surface area contributed by atoms with Gasteiger partial charge in [-0.15, -0.1) is 5.54 Å². The summed E-state index contributed by atoms with van der Waals surface area (Å²) in [6.45, 7) is 17.8. The van der Waals surface area contributed by atoms with E-state index in [-0.39, 0.29) is 16.9 Å². The number of hydrogen-bond donors (Lipinski definition) is 2. The van der Waals surface area contributed by atoms with Crippen molar-refractivity contribution in [2.75, 3.05) is 11.1 Å². The standard InChI is InChI=1S/C29H38N4O3SSi/c1-18(2)36-25-16-20(5)22(14-15-38(7,8)9)17-23(25)27-21(6)28(33-29(30)32-27)31-24-12-10-11-13-26(24)37(34,35)19(3)4/h10-13,16-19H,1-9H3,(H3,30,31,32,33). The highest BCUT2D eigenvalue weighted by Crippen LogP contribution is 2.37. The van der Waals surface area contributed by atoms with Crippen LogP contribution in [0.5, 0.6) is 5.75 Å². The first-order chi connectivity index (χ1) is 17.6. The van der Waals surface area contributed by atoms with Crippen molar-refractivity contribution in [3.8, 4) is 28.5 Å². The lowest BCUT2D eigenvalue weighted by molar-refractivity contribution is 0.243. The van der Waals surface area contributed by atoms with Crippen LogP contribution in [0.3, 0.4) is 0 Å². The number of hydrogen-bond acceptors (Lipinski definition) is 7. The van der Waals surface area contributed by atoms with E-state index in [1.807, 2.05) is 39.8 Å². The third-order valence-electron chi connectivity index (χ3n) is 5.75. The quantitative estimate of drug-likeness (QED) is 0.263. The fourth-order valence-electron chi connectivity index (χ4n) is 3.72. The molecule has 0 aliphatic rings. The normalized spacial score (nSPS) is 11.9. The van der Waals surface area contributed by atoms with Crippen LogP contribution in [0, 0.1) is 25.3 Å². The van der Waals surface area contributed by atoms with Gasteiger partial charge in [0.1, 0.15) is 19.6 Å². The van der Waals surface area contributed by atoms with E-state index < -0.39 is 23.2 Å². The van der Waals surface area contributed by atoms with Crippen LogP contribution in [0.2, 0.25) is 19.6 Å². The number of aromatic nitrogens is 2. The molecule has 202 valence electrons. The van der Waals surface area contributed by atoms with E-state index in [1.165, 1.54) is 0 Å². The smallest absolute Gasteiger partial charge is 0.222 e. The van der Waals surface area contributed by atoms with Gasteiger partial charge in [-0.2, -0.15) is 4.98 Å². The molecule has 0 amide bonds. The molecule has 0 fully saturated rings. The van der Waals surface area contributed by atoms with Crippen molar-refractivity contribution < 1.29 is 13.2 Å². The number of anilines is 3. The summed E-state index contributed by atoms with van der Waals surface area (Å²) in [7, 11) is -5.13. The zero-order valence-electron chi connectivity index (χ0n) is 23.7. The minimum atomic E-state index is -3.53. The van der Waals surface area contributed by atoms with E-state index in [4.69, 9.17) is 10.5 Å². The molecule has 1 heterocycles. The highest BCUT2D eigenvalue weighted by molar-refractivity contribution is 7.92. The zero-order valence-corrected chi connectivity index (χ0v) is 25.5. The number of nitrogens with one attached hydrogen (secondary N) is 1. The molecule has 3 rings (SSSR count). The molecule has 0 unspecified atom stereocenters. The Balaban J connectivity index is 2.22. The third-order valence-corrected chi connectivity index (χ3v) is 8.83. The molecule has 0 radical (unpaired) electrons. The van der Waals surface area contributed by atoms with Gasteiger partial charge < -0.3 is 15.8 Å². The monoisotopic (exact) mass is 550 g/mol. The molecule has 0 saturated carbocycles. The van der Waals surface area contributed by atoms with E-state index in [0.29, 0.717) is 28.5 Å². The summed E-state index contributed by atoms with van der Waals surface area (Å²) in [6, 6.07) is 10.8. The first-order valence-corrected chi connectivity index (χ1v) is 17.7. The summed E-state index contributed by atoms with van der Waals surface area (Å²) in [6.07, 6.45) is -0.0581. The molecule has 3 aromatic rings. The van der Waals surface area contributed by atoms with Gasteiger partial charge in [0, 0.05) is 16.7 Å². The highest BCUT2D eigenvalue weighted by Gasteiger charge is 2.24. The number of nitrogens with two attached hydrogens (primary N) is 1. The van der Waals surface area contributed by atoms with Gasteiger partial charge in [-0.25, -0.2) is 13.4 Å². The Hall–Kier alpha value is -3.35. The molecule has 1 aromatic heterocycles. The van der Waals surface area contributed by atoms with E-state index >= 15 is 0 Å². The average molecular weight is 551 g/mol. The fourth-order valence-corrected chi connectivity index (χ4v) is 5.44. The Bertz CT molecular complexity index is 1520. The van der Waals surface area contributed by atoms with Gasteiger partial charge in [-0.1, -0.05) is 37.7 Å². The Labute approximate surface area is 228 Å². The van der Waals surface area contributed by atoms with Crippen molar-refractivity contribution in [3.63, 3.8) is 0 Å². The molecule has 9 heteroatoms. The lowest BCUT2D eigenvalue weighted by atomic mass is 9.99. The van der Waals surface area contributed by atoms with Gasteiger partial charge in [0.15, 0.2) is 9.84 Å². The molecule has 38 heavy (non-hydrogen) atoms. The third kappa shape index (κ3) is 6.74. The molecule has 0 atom stereocenters. The largest absolute Gasteiger partial charge is 0.490 e. The van der Waals surface area contributed by atoms with Gasteiger partial charge in [0.2, 0.25) is 5.95 Å². The Morgan fingerprint density at radius 3 is 2.29 bits per heavy atom. The Morgan fingerprint density at radius 2 is 1.68 bits per heavy atom.